The van der Waals surface area contributed by atoms with E-state index in [4.69, 9.17) is 5.73 Å². The zero-order valence-corrected chi connectivity index (χ0v) is 9.42. The number of nitrogens with two attached hydrogens (primary N) is 1. The van der Waals surface area contributed by atoms with Crippen LogP contribution in [0.15, 0.2) is 42.9 Å². The number of carbonyl (C=O) groups is 1. The van der Waals surface area contributed by atoms with Gasteiger partial charge in [-0.2, -0.15) is 5.10 Å². The summed E-state index contributed by atoms with van der Waals surface area (Å²) in [5, 5.41) is 7.87. The van der Waals surface area contributed by atoms with Gasteiger partial charge in [0, 0.05) is 28.9 Å². The molecule has 3 N–H and O–H groups in total. The second kappa shape index (κ2) is 3.96. The number of hydrogen-bond acceptors (Lipinski definition) is 3. The number of aromatic amines is 1. The predicted octanol–water partition coefficient (Wildman–Crippen LogP) is 1.72. The number of nitrogens with one attached hydrogen (secondary N) is 1. The van der Waals surface area contributed by atoms with Crippen LogP contribution in [0, 0.1) is 0 Å². The van der Waals surface area contributed by atoms with Crippen LogP contribution in [0.3, 0.4) is 0 Å². The second-order valence-corrected chi connectivity index (χ2v) is 3.96. The lowest BCUT2D eigenvalue weighted by Crippen LogP contribution is -2.12. The summed E-state index contributed by atoms with van der Waals surface area (Å²) < 4.78 is 0. The minimum Gasteiger partial charge on any atom is -0.366 e. The van der Waals surface area contributed by atoms with Crippen LogP contribution >= 0.6 is 0 Å². The highest BCUT2D eigenvalue weighted by Gasteiger charge is 2.10. The van der Waals surface area contributed by atoms with Crippen LogP contribution in [-0.2, 0) is 0 Å². The van der Waals surface area contributed by atoms with E-state index in [2.05, 4.69) is 15.2 Å². The van der Waals surface area contributed by atoms with Gasteiger partial charge in [0.2, 0.25) is 5.91 Å². The van der Waals surface area contributed by atoms with Gasteiger partial charge in [0.1, 0.15) is 0 Å². The lowest BCUT2D eigenvalue weighted by molar-refractivity contribution is 0.100. The predicted molar refractivity (Wildman–Crippen MR) is 67.8 cm³/mol. The first kappa shape index (κ1) is 10.5. The molecule has 0 atom stereocenters. The summed E-state index contributed by atoms with van der Waals surface area (Å²) in [6.45, 7) is 0. The van der Waals surface area contributed by atoms with E-state index < -0.39 is 5.91 Å². The van der Waals surface area contributed by atoms with Crippen LogP contribution in [-0.4, -0.2) is 21.1 Å². The molecule has 1 aromatic carbocycles. The molecule has 2 aromatic heterocycles. The van der Waals surface area contributed by atoms with Gasteiger partial charge >= 0.3 is 0 Å². The van der Waals surface area contributed by atoms with Crippen LogP contribution in [0.25, 0.3) is 22.0 Å². The maximum absolute atomic E-state index is 11.4. The first-order chi connectivity index (χ1) is 8.75. The van der Waals surface area contributed by atoms with Gasteiger partial charge in [-0.1, -0.05) is 12.1 Å². The largest absolute Gasteiger partial charge is 0.366 e. The van der Waals surface area contributed by atoms with Crippen molar-refractivity contribution in [3.8, 4) is 11.1 Å². The minimum absolute atomic E-state index is 0.461. The number of amides is 1. The maximum atomic E-state index is 11.4. The summed E-state index contributed by atoms with van der Waals surface area (Å²) in [6, 6.07) is 7.40. The summed E-state index contributed by atoms with van der Waals surface area (Å²) in [5.74, 6) is -0.461. The molecule has 5 heteroatoms. The summed E-state index contributed by atoms with van der Waals surface area (Å²) in [7, 11) is 0. The maximum Gasteiger partial charge on any atom is 0.249 e. The highest BCUT2D eigenvalue weighted by molar-refractivity contribution is 6.00. The Morgan fingerprint density at radius 2 is 2.11 bits per heavy atom. The second-order valence-electron chi connectivity index (χ2n) is 3.96. The Hall–Kier alpha value is -2.69. The number of nitrogens with zero attached hydrogens (tertiary/aromatic N) is 2. The monoisotopic (exact) mass is 238 g/mol. The Morgan fingerprint density at radius 1 is 1.22 bits per heavy atom. The number of benzene rings is 1. The van der Waals surface area contributed by atoms with Crippen molar-refractivity contribution >= 4 is 16.8 Å². The van der Waals surface area contributed by atoms with Gasteiger partial charge in [-0.3, -0.25) is 14.9 Å². The number of rotatable bonds is 2. The summed E-state index contributed by atoms with van der Waals surface area (Å²) >= 11 is 0. The van der Waals surface area contributed by atoms with Crippen LogP contribution in [0.4, 0.5) is 0 Å². The molecule has 0 spiro atoms. The van der Waals surface area contributed by atoms with Gasteiger partial charge in [-0.15, -0.1) is 0 Å². The molecule has 3 rings (SSSR count). The molecule has 0 aliphatic heterocycles. The number of pyridine rings is 1. The Bertz CT molecular complexity index is 732. The molecule has 3 aromatic rings. The van der Waals surface area contributed by atoms with Crippen molar-refractivity contribution in [1.82, 2.24) is 15.2 Å². The lowest BCUT2D eigenvalue weighted by atomic mass is 10.0. The molecule has 0 fully saturated rings. The van der Waals surface area contributed by atoms with Crippen molar-refractivity contribution < 1.29 is 4.79 Å². The molecule has 0 aliphatic carbocycles. The molecular formula is C13H10N4O. The summed E-state index contributed by atoms with van der Waals surface area (Å²) in [6.07, 6.45) is 4.94. The Balaban J connectivity index is 2.22. The fourth-order valence-electron chi connectivity index (χ4n) is 1.94. The van der Waals surface area contributed by atoms with E-state index in [1.165, 1.54) is 0 Å². The number of primary amides is 1. The molecule has 0 saturated heterocycles. The average molecular weight is 238 g/mol. The number of aromatic nitrogens is 3. The van der Waals surface area contributed by atoms with E-state index in [9.17, 15) is 4.79 Å². The van der Waals surface area contributed by atoms with E-state index in [1.54, 1.807) is 24.7 Å². The van der Waals surface area contributed by atoms with Crippen LogP contribution in [0.5, 0.6) is 0 Å². The van der Waals surface area contributed by atoms with Gasteiger partial charge in [0.25, 0.3) is 0 Å². The van der Waals surface area contributed by atoms with Crippen molar-refractivity contribution in [2.45, 2.75) is 0 Å². The molecule has 0 saturated carbocycles. The Kier molecular flexibility index (Phi) is 2.30. The smallest absolute Gasteiger partial charge is 0.249 e. The van der Waals surface area contributed by atoms with Crippen molar-refractivity contribution in [2.24, 2.45) is 5.73 Å². The SMILES string of the molecule is NC(=O)c1ccncc1-c1ccc2cn[nH]c2c1. The van der Waals surface area contributed by atoms with Gasteiger partial charge in [0.15, 0.2) is 0 Å². The first-order valence-electron chi connectivity index (χ1n) is 5.43. The van der Waals surface area contributed by atoms with E-state index in [1.807, 2.05) is 18.2 Å². The molecule has 18 heavy (non-hydrogen) atoms. The topological polar surface area (TPSA) is 84.7 Å². The summed E-state index contributed by atoms with van der Waals surface area (Å²) in [4.78, 5) is 15.4. The number of fused-ring (bicyclic) bond motifs is 1. The zero-order valence-electron chi connectivity index (χ0n) is 9.42. The number of carbonyl (C=O) groups excluding carboxylic acids is 1. The molecule has 0 bridgehead atoms. The fourth-order valence-corrected chi connectivity index (χ4v) is 1.94. The quantitative estimate of drug-likeness (QED) is 0.712. The molecule has 88 valence electrons. The highest BCUT2D eigenvalue weighted by atomic mass is 16.1. The summed E-state index contributed by atoms with van der Waals surface area (Å²) in [5.41, 5.74) is 8.34. The zero-order chi connectivity index (χ0) is 12.5. The van der Waals surface area contributed by atoms with Crippen molar-refractivity contribution in [2.75, 3.05) is 0 Å². The highest BCUT2D eigenvalue weighted by Crippen LogP contribution is 2.25. The van der Waals surface area contributed by atoms with Gasteiger partial charge in [-0.25, -0.2) is 0 Å². The molecule has 2 heterocycles. The number of H-pyrrole nitrogens is 1. The van der Waals surface area contributed by atoms with Crippen LogP contribution < -0.4 is 5.73 Å². The average Bonchev–Trinajstić information content (AvgIpc) is 2.85. The molecular weight excluding hydrogens is 228 g/mol. The van der Waals surface area contributed by atoms with Crippen molar-refractivity contribution in [1.29, 1.82) is 0 Å². The van der Waals surface area contributed by atoms with E-state index in [0.717, 1.165) is 22.0 Å². The Labute approximate surface area is 103 Å². The van der Waals surface area contributed by atoms with Crippen molar-refractivity contribution in [3.63, 3.8) is 0 Å². The first-order valence-corrected chi connectivity index (χ1v) is 5.43. The molecule has 5 nitrogen and oxygen atoms in total. The standard InChI is InChI=1S/C13H10N4O/c14-13(18)10-3-4-15-7-11(10)8-1-2-9-6-16-17-12(9)5-8/h1-7H,(H2,14,18)(H,16,17). The van der Waals surface area contributed by atoms with Gasteiger partial charge in [-0.05, 0) is 17.7 Å². The normalized spacial score (nSPS) is 10.7. The molecule has 0 radical (unpaired) electrons. The van der Waals surface area contributed by atoms with Gasteiger partial charge < -0.3 is 5.73 Å². The third-order valence-electron chi connectivity index (χ3n) is 2.84. The van der Waals surface area contributed by atoms with E-state index in [0.29, 0.717) is 5.56 Å². The van der Waals surface area contributed by atoms with E-state index >= 15 is 0 Å². The third kappa shape index (κ3) is 1.62. The minimum atomic E-state index is -0.461. The van der Waals surface area contributed by atoms with E-state index in [-0.39, 0.29) is 0 Å². The van der Waals surface area contributed by atoms with Crippen LogP contribution in [0.1, 0.15) is 10.4 Å². The van der Waals surface area contributed by atoms with Crippen LogP contribution in [0.2, 0.25) is 0 Å². The fraction of sp³-hybridized carbons (Fsp3) is 0. The van der Waals surface area contributed by atoms with Crippen molar-refractivity contribution in [3.05, 3.63) is 48.4 Å². The number of hydrogen-bond donors (Lipinski definition) is 2. The van der Waals surface area contributed by atoms with Gasteiger partial charge in [0.05, 0.1) is 11.7 Å². The lowest BCUT2D eigenvalue weighted by Gasteiger charge is -2.05. The molecule has 1 amide bonds. The third-order valence-corrected chi connectivity index (χ3v) is 2.84. The Morgan fingerprint density at radius 3 is 2.94 bits per heavy atom. The molecule has 0 unspecified atom stereocenters. The molecule has 0 aliphatic rings.